The van der Waals surface area contributed by atoms with Crippen molar-refractivity contribution in [2.75, 3.05) is 7.11 Å². The Bertz CT molecular complexity index is 1720. The minimum absolute atomic E-state index is 0.244. The minimum atomic E-state index is -0.257. The number of methoxy groups -OCH3 is 1. The van der Waals surface area contributed by atoms with Gasteiger partial charge in [0.2, 0.25) is 0 Å². The van der Waals surface area contributed by atoms with Crippen molar-refractivity contribution >= 4 is 62.9 Å². The van der Waals surface area contributed by atoms with E-state index in [0.717, 1.165) is 20.3 Å². The average molecular weight is 656 g/mol. The Morgan fingerprint density at radius 3 is 2.53 bits per heavy atom. The van der Waals surface area contributed by atoms with Crippen molar-refractivity contribution in [1.29, 1.82) is 0 Å². The van der Waals surface area contributed by atoms with Crippen LogP contribution in [0.5, 0.6) is 11.5 Å². The first-order valence-electron chi connectivity index (χ1n) is 11.5. The summed E-state index contributed by atoms with van der Waals surface area (Å²) in [6.45, 7) is 0.244. The van der Waals surface area contributed by atoms with Crippen molar-refractivity contribution in [2.24, 2.45) is 5.10 Å². The topological polar surface area (TPSA) is 65.7 Å². The number of aromatic nitrogens is 2. The number of halogens is 3. The van der Waals surface area contributed by atoms with Crippen LogP contribution < -0.4 is 15.0 Å². The maximum Gasteiger partial charge on any atom is 0.282 e. The van der Waals surface area contributed by atoms with Crippen molar-refractivity contribution < 1.29 is 9.47 Å². The van der Waals surface area contributed by atoms with Crippen LogP contribution in [-0.4, -0.2) is 23.0 Å². The zero-order valence-corrected chi connectivity index (χ0v) is 23.7. The molecular weight excluding hydrogens is 636 g/mol. The van der Waals surface area contributed by atoms with Gasteiger partial charge in [-0.2, -0.15) is 9.78 Å². The number of fused-ring (bicyclic) bond motifs is 1. The molecule has 38 heavy (non-hydrogen) atoms. The fourth-order valence-electron chi connectivity index (χ4n) is 3.87. The lowest BCUT2D eigenvalue weighted by Crippen LogP contribution is -2.20. The van der Waals surface area contributed by atoms with Crippen LogP contribution in [0.1, 0.15) is 11.1 Å². The smallest absolute Gasteiger partial charge is 0.282 e. The number of hydrogen-bond donors (Lipinski definition) is 0. The third-order valence-corrected chi connectivity index (χ3v) is 7.14. The molecule has 1 heterocycles. The van der Waals surface area contributed by atoms with Gasteiger partial charge in [0, 0.05) is 21.2 Å². The zero-order chi connectivity index (χ0) is 26.6. The van der Waals surface area contributed by atoms with E-state index in [1.807, 2.05) is 60.7 Å². The summed E-state index contributed by atoms with van der Waals surface area (Å²) < 4.78 is 13.8. The zero-order valence-electron chi connectivity index (χ0n) is 20.1. The lowest BCUT2D eigenvalue weighted by molar-refractivity contribution is 0.282. The number of nitrogens with zero attached hydrogens (tertiary/aromatic N) is 3. The second-order valence-electron chi connectivity index (χ2n) is 8.24. The molecular formula is C29H20Cl2IN3O3. The van der Waals surface area contributed by atoms with Crippen molar-refractivity contribution in [1.82, 2.24) is 9.66 Å². The van der Waals surface area contributed by atoms with E-state index < -0.39 is 0 Å². The summed E-state index contributed by atoms with van der Waals surface area (Å²) in [7, 11) is 1.57. The summed E-state index contributed by atoms with van der Waals surface area (Å²) in [5, 5.41) is 6.12. The SMILES string of the molecule is COc1cc(C=Nn2c(-c3ccccc3)nc3ccccc3c2=O)cc(I)c1OCc1ccc(Cl)cc1Cl. The summed E-state index contributed by atoms with van der Waals surface area (Å²) >= 11 is 14.5. The lowest BCUT2D eigenvalue weighted by Gasteiger charge is -2.14. The van der Waals surface area contributed by atoms with Crippen LogP contribution in [0.25, 0.3) is 22.3 Å². The summed E-state index contributed by atoms with van der Waals surface area (Å²) in [5.41, 5.74) is 2.66. The third-order valence-electron chi connectivity index (χ3n) is 5.75. The first-order valence-corrected chi connectivity index (χ1v) is 13.3. The average Bonchev–Trinajstić information content (AvgIpc) is 2.93. The van der Waals surface area contributed by atoms with Gasteiger partial charge in [-0.25, -0.2) is 4.98 Å². The van der Waals surface area contributed by atoms with E-state index in [1.165, 1.54) is 4.68 Å². The molecule has 1 aromatic heterocycles. The predicted octanol–water partition coefficient (Wildman–Crippen LogP) is 7.44. The molecule has 5 rings (SSSR count). The molecule has 6 nitrogen and oxygen atoms in total. The van der Waals surface area contributed by atoms with E-state index in [0.29, 0.717) is 38.3 Å². The molecule has 0 aliphatic carbocycles. The third kappa shape index (κ3) is 5.55. The standard InChI is InChI=1S/C29H20Cl2IN3O3/c1-37-26-14-18(13-24(32)27(26)38-17-20-11-12-21(30)15-23(20)31)16-33-35-28(19-7-3-2-4-8-19)34-25-10-6-5-9-22(25)29(35)36/h2-16H,17H2,1H3. The van der Waals surface area contributed by atoms with Crippen LogP contribution >= 0.6 is 45.8 Å². The Morgan fingerprint density at radius 1 is 1.00 bits per heavy atom. The molecule has 0 amide bonds. The number of rotatable bonds is 7. The van der Waals surface area contributed by atoms with Gasteiger partial charge >= 0.3 is 0 Å². The first kappa shape index (κ1) is 26.2. The molecule has 0 atom stereocenters. The molecule has 0 N–H and O–H groups in total. The molecule has 0 bridgehead atoms. The Labute approximate surface area is 242 Å². The van der Waals surface area contributed by atoms with Gasteiger partial charge in [-0.15, -0.1) is 0 Å². The molecule has 9 heteroatoms. The van der Waals surface area contributed by atoms with Crippen molar-refractivity contribution in [3.8, 4) is 22.9 Å². The largest absolute Gasteiger partial charge is 0.493 e. The van der Waals surface area contributed by atoms with E-state index >= 15 is 0 Å². The molecule has 0 radical (unpaired) electrons. The molecule has 0 aliphatic heterocycles. The van der Waals surface area contributed by atoms with Gasteiger partial charge in [0.25, 0.3) is 5.56 Å². The maximum atomic E-state index is 13.4. The summed E-state index contributed by atoms with van der Waals surface area (Å²) in [5.74, 6) is 1.55. The van der Waals surface area contributed by atoms with Crippen LogP contribution in [0.4, 0.5) is 0 Å². The molecule has 5 aromatic rings. The van der Waals surface area contributed by atoms with Crippen LogP contribution in [0.15, 0.2) is 94.8 Å². The maximum absolute atomic E-state index is 13.4. The van der Waals surface area contributed by atoms with Gasteiger partial charge in [0.1, 0.15) is 6.61 Å². The molecule has 0 fully saturated rings. The molecule has 0 unspecified atom stereocenters. The highest BCUT2D eigenvalue weighted by molar-refractivity contribution is 14.1. The van der Waals surface area contributed by atoms with Gasteiger partial charge in [-0.1, -0.05) is 71.7 Å². The Hall–Kier alpha value is -3.40. The van der Waals surface area contributed by atoms with Crippen LogP contribution in [0, 0.1) is 3.57 Å². The second kappa shape index (κ2) is 11.6. The van der Waals surface area contributed by atoms with Crippen molar-refractivity contribution in [3.05, 3.63) is 120 Å². The number of benzene rings is 4. The predicted molar refractivity (Wildman–Crippen MR) is 161 cm³/mol. The monoisotopic (exact) mass is 655 g/mol. The van der Waals surface area contributed by atoms with Gasteiger partial charge in [0.15, 0.2) is 17.3 Å². The molecule has 0 aliphatic rings. The highest BCUT2D eigenvalue weighted by Gasteiger charge is 2.14. The van der Waals surface area contributed by atoms with E-state index in [2.05, 4.69) is 27.7 Å². The number of ether oxygens (including phenoxy) is 2. The van der Waals surface area contributed by atoms with Crippen LogP contribution in [-0.2, 0) is 6.61 Å². The van der Waals surface area contributed by atoms with Crippen molar-refractivity contribution in [2.45, 2.75) is 6.61 Å². The summed E-state index contributed by atoms with van der Waals surface area (Å²) in [4.78, 5) is 18.1. The molecule has 4 aromatic carbocycles. The van der Waals surface area contributed by atoms with Crippen LogP contribution in [0.2, 0.25) is 10.0 Å². The lowest BCUT2D eigenvalue weighted by atomic mass is 10.2. The first-order chi connectivity index (χ1) is 18.4. The summed E-state index contributed by atoms with van der Waals surface area (Å²) in [6.07, 6.45) is 1.61. The molecule has 190 valence electrons. The Kier molecular flexibility index (Phi) is 7.97. The number of para-hydroxylation sites is 1. The second-order valence-corrected chi connectivity index (χ2v) is 10.2. The molecule has 0 saturated carbocycles. The summed E-state index contributed by atoms with van der Waals surface area (Å²) in [6, 6.07) is 25.7. The Morgan fingerprint density at radius 2 is 1.76 bits per heavy atom. The van der Waals surface area contributed by atoms with Crippen molar-refractivity contribution in [3.63, 3.8) is 0 Å². The van der Waals surface area contributed by atoms with Gasteiger partial charge in [0.05, 0.1) is 27.8 Å². The highest BCUT2D eigenvalue weighted by Crippen LogP contribution is 2.35. The normalized spacial score (nSPS) is 11.3. The highest BCUT2D eigenvalue weighted by atomic mass is 127. The van der Waals surface area contributed by atoms with Gasteiger partial charge in [-0.3, -0.25) is 4.79 Å². The van der Waals surface area contributed by atoms with E-state index in [9.17, 15) is 4.79 Å². The fraction of sp³-hybridized carbons (Fsp3) is 0.0690. The fourth-order valence-corrected chi connectivity index (χ4v) is 5.12. The molecule has 0 saturated heterocycles. The van der Waals surface area contributed by atoms with E-state index in [-0.39, 0.29) is 12.2 Å². The Balaban J connectivity index is 1.51. The van der Waals surface area contributed by atoms with E-state index in [4.69, 9.17) is 37.7 Å². The number of hydrogen-bond acceptors (Lipinski definition) is 5. The molecule has 0 spiro atoms. The van der Waals surface area contributed by atoms with E-state index in [1.54, 1.807) is 37.6 Å². The minimum Gasteiger partial charge on any atom is -0.493 e. The van der Waals surface area contributed by atoms with Gasteiger partial charge < -0.3 is 9.47 Å². The van der Waals surface area contributed by atoms with Crippen LogP contribution in [0.3, 0.4) is 0 Å². The quantitative estimate of drug-likeness (QED) is 0.135. The van der Waals surface area contributed by atoms with Gasteiger partial charge in [-0.05, 0) is 64.6 Å².